The number of halogens is 5. The van der Waals surface area contributed by atoms with Gasteiger partial charge in [0.2, 0.25) is 2.14 Å². The molecule has 0 aliphatic heterocycles. The zero-order valence-corrected chi connectivity index (χ0v) is 16.1. The first-order chi connectivity index (χ1) is 8.12. The van der Waals surface area contributed by atoms with Crippen LogP contribution in [0.15, 0.2) is 21.1 Å². The van der Waals surface area contributed by atoms with Crippen LogP contribution in [0.3, 0.4) is 0 Å². The molecule has 1 amide bonds. The second-order valence-corrected chi connectivity index (χ2v) is 11.5. The number of carbonyl (C=O) groups excluding carboxylic acids is 1. The number of alkyl halides is 3. The Morgan fingerprint density at radius 2 is 1.67 bits per heavy atom. The molecule has 98 valence electrons. The molecule has 0 radical (unpaired) electrons. The zero-order chi connectivity index (χ0) is 14.1. The van der Waals surface area contributed by atoms with Gasteiger partial charge in [-0.3, -0.25) is 14.9 Å². The maximum atomic E-state index is 11.7. The number of hydrogen-bond acceptors (Lipinski definition) is 3. The number of non-ortho nitro benzene ring substituents is 1. The molecule has 0 fully saturated rings. The fraction of sp³-hybridized carbons (Fsp3) is 0.125. The smallest absolute Gasteiger partial charge is 0.271 e. The Morgan fingerprint density at radius 1 is 1.22 bits per heavy atom. The van der Waals surface area contributed by atoms with Crippen molar-refractivity contribution in [2.45, 2.75) is 2.14 Å². The number of nitro benzene ring substituents is 1. The fourth-order valence-electron chi connectivity index (χ4n) is 0.969. The third kappa shape index (κ3) is 4.26. The molecule has 0 atom stereocenters. The predicted octanol–water partition coefficient (Wildman–Crippen LogP) is 4.90. The molecule has 10 heteroatoms. The molecule has 0 aliphatic carbocycles. The van der Waals surface area contributed by atoms with E-state index in [9.17, 15) is 14.9 Å². The highest BCUT2D eigenvalue weighted by Crippen LogP contribution is 2.39. The van der Waals surface area contributed by atoms with Crippen LogP contribution >= 0.6 is 79.6 Å². The second-order valence-electron chi connectivity index (χ2n) is 2.99. The minimum absolute atomic E-state index is 0.0884. The number of nitro groups is 1. The Kier molecular flexibility index (Phi) is 5.78. The van der Waals surface area contributed by atoms with E-state index >= 15 is 0 Å². The van der Waals surface area contributed by atoms with Crippen LogP contribution in [0.4, 0.5) is 11.4 Å². The average Bonchev–Trinajstić information content (AvgIpc) is 2.21. The fourth-order valence-corrected chi connectivity index (χ4v) is 2.63. The quantitative estimate of drug-likeness (QED) is 0.311. The van der Waals surface area contributed by atoms with Crippen LogP contribution in [0.25, 0.3) is 0 Å². The summed E-state index contributed by atoms with van der Waals surface area (Å²) >= 11 is 15.5. The highest BCUT2D eigenvalue weighted by atomic mass is 80.0. The van der Waals surface area contributed by atoms with Crippen molar-refractivity contribution >= 4 is 96.9 Å². The molecule has 0 aliphatic rings. The number of nitrogens with zero attached hydrogens (tertiary/aromatic N) is 1. The molecule has 1 N–H and O–H groups in total. The first-order valence-electron chi connectivity index (χ1n) is 4.14. The average molecular weight is 575 g/mol. The molecule has 0 bridgehead atoms. The predicted molar refractivity (Wildman–Crippen MR) is 86.6 cm³/mol. The maximum absolute atomic E-state index is 11.7. The van der Waals surface area contributed by atoms with Crippen molar-refractivity contribution in [2.75, 3.05) is 5.32 Å². The van der Waals surface area contributed by atoms with Gasteiger partial charge < -0.3 is 5.32 Å². The van der Waals surface area contributed by atoms with Gasteiger partial charge in [-0.2, -0.15) is 0 Å². The van der Waals surface area contributed by atoms with Gasteiger partial charge in [-0.1, -0.05) is 0 Å². The molecule has 0 aromatic heterocycles. The molecular weight excluding hydrogens is 572 g/mol. The van der Waals surface area contributed by atoms with Crippen molar-refractivity contribution in [3.8, 4) is 0 Å². The molecule has 0 unspecified atom stereocenters. The number of amides is 1. The molecule has 0 saturated heterocycles. The van der Waals surface area contributed by atoms with Crippen LogP contribution in [0.2, 0.25) is 0 Å². The van der Waals surface area contributed by atoms with E-state index < -0.39 is 13.0 Å². The van der Waals surface area contributed by atoms with Gasteiger partial charge in [0.1, 0.15) is 0 Å². The van der Waals surface area contributed by atoms with Gasteiger partial charge >= 0.3 is 0 Å². The van der Waals surface area contributed by atoms with E-state index in [0.29, 0.717) is 14.6 Å². The third-order valence-corrected chi connectivity index (χ3v) is 4.06. The van der Waals surface area contributed by atoms with Crippen molar-refractivity contribution in [2.24, 2.45) is 0 Å². The van der Waals surface area contributed by atoms with Gasteiger partial charge in [-0.05, 0) is 79.6 Å². The van der Waals surface area contributed by atoms with E-state index in [1.165, 1.54) is 12.1 Å². The van der Waals surface area contributed by atoms with E-state index in [4.69, 9.17) is 0 Å². The maximum Gasteiger partial charge on any atom is 0.271 e. The summed E-state index contributed by atoms with van der Waals surface area (Å²) in [5.74, 6) is -0.419. The topological polar surface area (TPSA) is 72.2 Å². The van der Waals surface area contributed by atoms with Crippen LogP contribution < -0.4 is 5.32 Å². The van der Waals surface area contributed by atoms with Crippen LogP contribution in [0.5, 0.6) is 0 Å². The normalized spacial score (nSPS) is 11.2. The van der Waals surface area contributed by atoms with Crippen LogP contribution in [0.1, 0.15) is 0 Å². The summed E-state index contributed by atoms with van der Waals surface area (Å²) in [4.78, 5) is 21.9. The van der Waals surface area contributed by atoms with Crippen molar-refractivity contribution < 1.29 is 9.72 Å². The molecule has 18 heavy (non-hydrogen) atoms. The first kappa shape index (κ1) is 16.5. The van der Waals surface area contributed by atoms with E-state index in [1.54, 1.807) is 0 Å². The highest BCUT2D eigenvalue weighted by molar-refractivity contribution is 9.40. The largest absolute Gasteiger partial charge is 0.321 e. The molecule has 1 rings (SSSR count). The van der Waals surface area contributed by atoms with Gasteiger partial charge in [0, 0.05) is 21.1 Å². The summed E-state index contributed by atoms with van der Waals surface area (Å²) in [6, 6.07) is 2.61. The Morgan fingerprint density at radius 3 is 2.00 bits per heavy atom. The number of hydrogen-bond donors (Lipinski definition) is 1. The summed E-state index contributed by atoms with van der Waals surface area (Å²) in [6.45, 7) is 0. The summed E-state index contributed by atoms with van der Waals surface area (Å²) in [6.07, 6.45) is 0. The van der Waals surface area contributed by atoms with Crippen LogP contribution in [-0.2, 0) is 4.79 Å². The number of benzene rings is 1. The number of carbonyl (C=O) groups is 1. The molecular formula is C8H3Br5N2O3. The van der Waals surface area contributed by atoms with Gasteiger partial charge in [-0.25, -0.2) is 0 Å². The van der Waals surface area contributed by atoms with Gasteiger partial charge in [0.05, 0.1) is 10.6 Å². The lowest BCUT2D eigenvalue weighted by atomic mass is 10.3. The third-order valence-electron chi connectivity index (χ3n) is 1.73. The Bertz CT molecular complexity index is 491. The van der Waals surface area contributed by atoms with E-state index in [0.717, 1.165) is 0 Å². The second kappa shape index (κ2) is 6.29. The molecule has 0 saturated carbocycles. The Hall–Kier alpha value is 0.490. The lowest BCUT2D eigenvalue weighted by Crippen LogP contribution is -2.25. The van der Waals surface area contributed by atoms with Gasteiger partial charge in [0.25, 0.3) is 11.6 Å². The highest BCUT2D eigenvalue weighted by Gasteiger charge is 2.30. The van der Waals surface area contributed by atoms with Crippen molar-refractivity contribution in [3.63, 3.8) is 0 Å². The van der Waals surface area contributed by atoms with Crippen LogP contribution in [0, 0.1) is 10.1 Å². The summed E-state index contributed by atoms with van der Waals surface area (Å²) < 4.78 is -0.310. The minimum atomic E-state index is -1.10. The first-order valence-corrected chi connectivity index (χ1v) is 8.11. The van der Waals surface area contributed by atoms with Crippen molar-refractivity contribution in [1.82, 2.24) is 0 Å². The molecule has 1 aromatic rings. The molecule has 5 nitrogen and oxygen atoms in total. The summed E-state index contributed by atoms with van der Waals surface area (Å²) in [5, 5.41) is 13.2. The molecule has 0 heterocycles. The van der Waals surface area contributed by atoms with Crippen molar-refractivity contribution in [1.29, 1.82) is 0 Å². The molecule has 0 spiro atoms. The standard InChI is InChI=1S/C8H3Br5N2O3/c9-4-1-3(15(17)18)2-5(10)6(4)14-7(16)8(11,12)13/h1-2H,(H,14,16). The van der Waals surface area contributed by atoms with Crippen LogP contribution in [-0.4, -0.2) is 13.0 Å². The summed E-state index contributed by atoms with van der Waals surface area (Å²) in [5.41, 5.74) is 0.308. The lowest BCUT2D eigenvalue weighted by Gasteiger charge is -2.14. The van der Waals surface area contributed by atoms with Gasteiger partial charge in [-0.15, -0.1) is 0 Å². The number of rotatable bonds is 2. The molecule has 1 aromatic carbocycles. The lowest BCUT2D eigenvalue weighted by molar-refractivity contribution is -0.385. The minimum Gasteiger partial charge on any atom is -0.321 e. The van der Waals surface area contributed by atoms with E-state index in [2.05, 4.69) is 85.0 Å². The SMILES string of the molecule is O=C(Nc1c(Br)cc([N+](=O)[O-])cc1Br)C(Br)(Br)Br. The monoisotopic (exact) mass is 570 g/mol. The van der Waals surface area contributed by atoms with Crippen molar-refractivity contribution in [3.05, 3.63) is 31.2 Å². The Labute approximate surface area is 144 Å². The van der Waals surface area contributed by atoms with E-state index in [1.807, 2.05) is 0 Å². The van der Waals surface area contributed by atoms with E-state index in [-0.39, 0.29) is 5.69 Å². The Balaban J connectivity index is 3.12. The number of anilines is 1. The van der Waals surface area contributed by atoms with Gasteiger partial charge in [0.15, 0.2) is 0 Å². The zero-order valence-electron chi connectivity index (χ0n) is 8.22. The number of nitrogens with one attached hydrogen (secondary N) is 1. The summed E-state index contributed by atoms with van der Waals surface area (Å²) in [7, 11) is 0.